The van der Waals surface area contributed by atoms with Crippen molar-refractivity contribution in [1.82, 2.24) is 4.57 Å². The molecule has 1 aromatic heterocycles. The Labute approximate surface area is 220 Å². The molecule has 1 aliphatic heterocycles. The number of para-hydroxylation sites is 1. The van der Waals surface area contributed by atoms with Crippen LogP contribution in [0.2, 0.25) is 5.02 Å². The first-order valence-corrected chi connectivity index (χ1v) is 12.1. The number of allylic oxidation sites excluding steroid dienone is 1. The number of amides is 1. The van der Waals surface area contributed by atoms with Crippen LogP contribution in [0.5, 0.6) is 0 Å². The lowest BCUT2D eigenvalue weighted by Crippen LogP contribution is -2.24. The molecule has 0 spiro atoms. The van der Waals surface area contributed by atoms with Crippen molar-refractivity contribution in [2.45, 2.75) is 27.7 Å². The molecule has 4 rings (SSSR count). The van der Waals surface area contributed by atoms with E-state index < -0.39 is 11.9 Å². The lowest BCUT2D eigenvalue weighted by atomic mass is 10.0. The van der Waals surface area contributed by atoms with Gasteiger partial charge in [-0.1, -0.05) is 23.7 Å². The van der Waals surface area contributed by atoms with E-state index in [0.29, 0.717) is 22.0 Å². The zero-order valence-corrected chi connectivity index (χ0v) is 22.1. The number of carbonyl (C=O) groups excluding carboxylic acids is 3. The SMILES string of the molecule is CCOC(=O)c1ccc(N2C(=O)/C(=C\c3cc(C)n(-c4ccccc4Cl)c3C)C(C(=O)OC)=C2C)cc1. The van der Waals surface area contributed by atoms with Gasteiger partial charge in [0.15, 0.2) is 0 Å². The number of nitrogens with zero attached hydrogens (tertiary/aromatic N) is 2. The minimum Gasteiger partial charge on any atom is -0.465 e. The number of aryl methyl sites for hydroxylation is 1. The first-order valence-electron chi connectivity index (χ1n) is 11.8. The third-order valence-corrected chi connectivity index (χ3v) is 6.61. The summed E-state index contributed by atoms with van der Waals surface area (Å²) in [4.78, 5) is 40.0. The van der Waals surface area contributed by atoms with E-state index in [1.54, 1.807) is 44.2 Å². The summed E-state index contributed by atoms with van der Waals surface area (Å²) in [6.07, 6.45) is 1.71. The summed E-state index contributed by atoms with van der Waals surface area (Å²) in [7, 11) is 1.28. The average molecular weight is 519 g/mol. The minimum atomic E-state index is -0.609. The van der Waals surface area contributed by atoms with E-state index >= 15 is 0 Å². The molecule has 0 N–H and O–H groups in total. The van der Waals surface area contributed by atoms with Crippen LogP contribution < -0.4 is 4.90 Å². The topological polar surface area (TPSA) is 77.8 Å². The molecule has 0 aliphatic carbocycles. The fraction of sp³-hybridized carbons (Fsp3) is 0.207. The van der Waals surface area contributed by atoms with Crippen molar-refractivity contribution < 1.29 is 23.9 Å². The lowest BCUT2D eigenvalue weighted by Gasteiger charge is -2.18. The van der Waals surface area contributed by atoms with Crippen LogP contribution in [0.4, 0.5) is 5.69 Å². The van der Waals surface area contributed by atoms with Crippen LogP contribution in [0.25, 0.3) is 11.8 Å². The third-order valence-electron chi connectivity index (χ3n) is 6.29. The monoisotopic (exact) mass is 518 g/mol. The molecule has 8 heteroatoms. The van der Waals surface area contributed by atoms with Crippen LogP contribution in [0.1, 0.15) is 41.2 Å². The number of aromatic nitrogens is 1. The van der Waals surface area contributed by atoms with Gasteiger partial charge in [0.1, 0.15) is 0 Å². The normalized spacial score (nSPS) is 14.5. The Kier molecular flexibility index (Phi) is 7.36. The number of methoxy groups -OCH3 is 1. The summed E-state index contributed by atoms with van der Waals surface area (Å²) in [6, 6.07) is 15.9. The maximum atomic E-state index is 13.7. The maximum Gasteiger partial charge on any atom is 0.340 e. The number of hydrogen-bond acceptors (Lipinski definition) is 5. The molecule has 0 unspecified atom stereocenters. The van der Waals surface area contributed by atoms with Gasteiger partial charge in [0.05, 0.1) is 41.1 Å². The van der Waals surface area contributed by atoms with Crippen LogP contribution in [0.3, 0.4) is 0 Å². The molecule has 7 nitrogen and oxygen atoms in total. The van der Waals surface area contributed by atoms with Gasteiger partial charge in [-0.15, -0.1) is 0 Å². The Morgan fingerprint density at radius 3 is 2.30 bits per heavy atom. The first-order chi connectivity index (χ1) is 17.7. The van der Waals surface area contributed by atoms with Gasteiger partial charge >= 0.3 is 11.9 Å². The van der Waals surface area contributed by atoms with Crippen LogP contribution in [0, 0.1) is 13.8 Å². The van der Waals surface area contributed by atoms with Gasteiger partial charge in [-0.05, 0) is 81.8 Å². The summed E-state index contributed by atoms with van der Waals surface area (Å²) >= 11 is 6.45. The van der Waals surface area contributed by atoms with E-state index in [-0.39, 0.29) is 23.7 Å². The van der Waals surface area contributed by atoms with E-state index in [4.69, 9.17) is 21.1 Å². The molecule has 0 saturated heterocycles. The van der Waals surface area contributed by atoms with Gasteiger partial charge in [-0.2, -0.15) is 0 Å². The first kappa shape index (κ1) is 26.0. The second kappa shape index (κ2) is 10.5. The Bertz CT molecular complexity index is 1460. The molecule has 3 aromatic rings. The number of benzene rings is 2. The zero-order valence-electron chi connectivity index (χ0n) is 21.3. The maximum absolute atomic E-state index is 13.7. The average Bonchev–Trinajstić information content (AvgIpc) is 3.30. The zero-order chi connectivity index (χ0) is 26.9. The van der Waals surface area contributed by atoms with Gasteiger partial charge in [0, 0.05) is 22.8 Å². The van der Waals surface area contributed by atoms with E-state index in [9.17, 15) is 14.4 Å². The molecule has 37 heavy (non-hydrogen) atoms. The van der Waals surface area contributed by atoms with Gasteiger partial charge in [0.2, 0.25) is 0 Å². The number of hydrogen-bond donors (Lipinski definition) is 0. The van der Waals surface area contributed by atoms with Crippen molar-refractivity contribution >= 4 is 41.2 Å². The predicted octanol–water partition coefficient (Wildman–Crippen LogP) is 5.80. The fourth-order valence-electron chi connectivity index (χ4n) is 4.54. The van der Waals surface area contributed by atoms with Crippen molar-refractivity contribution in [3.05, 3.63) is 99.0 Å². The van der Waals surface area contributed by atoms with Crippen molar-refractivity contribution in [3.63, 3.8) is 0 Å². The smallest absolute Gasteiger partial charge is 0.340 e. The molecule has 0 atom stereocenters. The highest BCUT2D eigenvalue weighted by molar-refractivity contribution is 6.32. The highest BCUT2D eigenvalue weighted by atomic mass is 35.5. The minimum absolute atomic E-state index is 0.185. The van der Waals surface area contributed by atoms with Crippen molar-refractivity contribution in [2.75, 3.05) is 18.6 Å². The summed E-state index contributed by atoms with van der Waals surface area (Å²) in [5.41, 5.74) is 5.12. The molecule has 0 fully saturated rings. The van der Waals surface area contributed by atoms with Crippen molar-refractivity contribution in [2.24, 2.45) is 0 Å². The molecular weight excluding hydrogens is 492 g/mol. The summed E-state index contributed by atoms with van der Waals surface area (Å²) in [6.45, 7) is 7.58. The largest absolute Gasteiger partial charge is 0.465 e. The van der Waals surface area contributed by atoms with E-state index in [2.05, 4.69) is 0 Å². The summed E-state index contributed by atoms with van der Waals surface area (Å²) in [5, 5.41) is 0.601. The number of esters is 2. The number of halogens is 1. The van der Waals surface area contributed by atoms with E-state index in [1.807, 2.05) is 48.7 Å². The van der Waals surface area contributed by atoms with Crippen LogP contribution in [0.15, 0.2) is 71.4 Å². The highest BCUT2D eigenvalue weighted by Gasteiger charge is 2.38. The Hall–Kier alpha value is -4.10. The standard InChI is InChI=1S/C29H27ClN2O5/c1-6-37-28(34)20-11-13-22(14-12-20)32-19(4)26(29(35)36-5)23(27(32)33)16-21-15-17(2)31(18(21)3)25-10-8-7-9-24(25)30/h7-16H,6H2,1-5H3/b23-16-. The lowest BCUT2D eigenvalue weighted by molar-refractivity contribution is -0.136. The van der Waals surface area contributed by atoms with Gasteiger partial charge in [-0.25, -0.2) is 9.59 Å². The Morgan fingerprint density at radius 2 is 1.68 bits per heavy atom. The number of rotatable bonds is 6. The summed E-state index contributed by atoms with van der Waals surface area (Å²) in [5.74, 6) is -1.43. The Morgan fingerprint density at radius 1 is 1.00 bits per heavy atom. The van der Waals surface area contributed by atoms with Crippen LogP contribution >= 0.6 is 11.6 Å². The predicted molar refractivity (Wildman–Crippen MR) is 143 cm³/mol. The quantitative estimate of drug-likeness (QED) is 0.304. The second-order valence-electron chi connectivity index (χ2n) is 8.53. The molecule has 190 valence electrons. The molecule has 0 bridgehead atoms. The van der Waals surface area contributed by atoms with Gasteiger partial charge in [0.25, 0.3) is 5.91 Å². The molecule has 1 aliphatic rings. The van der Waals surface area contributed by atoms with Gasteiger partial charge < -0.3 is 14.0 Å². The van der Waals surface area contributed by atoms with Crippen LogP contribution in [-0.4, -0.2) is 36.1 Å². The van der Waals surface area contributed by atoms with E-state index in [0.717, 1.165) is 22.6 Å². The Balaban J connectivity index is 1.79. The molecule has 0 radical (unpaired) electrons. The molecule has 0 saturated carbocycles. The fourth-order valence-corrected chi connectivity index (χ4v) is 4.77. The number of carbonyl (C=O) groups is 3. The van der Waals surface area contributed by atoms with Crippen molar-refractivity contribution in [3.8, 4) is 5.69 Å². The second-order valence-corrected chi connectivity index (χ2v) is 8.94. The molecule has 2 aromatic carbocycles. The van der Waals surface area contributed by atoms with Crippen molar-refractivity contribution in [1.29, 1.82) is 0 Å². The molecule has 1 amide bonds. The molecular formula is C29H27ClN2O5. The van der Waals surface area contributed by atoms with Crippen LogP contribution in [-0.2, 0) is 19.1 Å². The van der Waals surface area contributed by atoms with E-state index in [1.165, 1.54) is 12.0 Å². The number of anilines is 1. The molecule has 2 heterocycles. The third kappa shape index (κ3) is 4.70. The highest BCUT2D eigenvalue weighted by Crippen LogP contribution is 2.37. The van der Waals surface area contributed by atoms with Gasteiger partial charge in [-0.3, -0.25) is 9.69 Å². The summed E-state index contributed by atoms with van der Waals surface area (Å²) < 4.78 is 12.1. The number of ether oxygens (including phenoxy) is 2.